The van der Waals surface area contributed by atoms with Crippen molar-refractivity contribution in [3.05, 3.63) is 17.0 Å². The van der Waals surface area contributed by atoms with Crippen LogP contribution in [0.2, 0.25) is 0 Å². The molecule has 0 aliphatic carbocycles. The summed E-state index contributed by atoms with van der Waals surface area (Å²) in [6.07, 6.45) is 1.18. The molecule has 0 aliphatic heterocycles. The monoisotopic (exact) mass is 269 g/mol. The molecule has 0 radical (unpaired) electrons. The second-order valence-electron chi connectivity index (χ2n) is 4.42. The summed E-state index contributed by atoms with van der Waals surface area (Å²) in [7, 11) is 0. The van der Waals surface area contributed by atoms with Crippen molar-refractivity contribution in [2.24, 2.45) is 0 Å². The first-order valence-electron chi connectivity index (χ1n) is 6.41. The molecule has 0 fully saturated rings. The first-order valence-corrected chi connectivity index (χ1v) is 7.56. The fourth-order valence-electron chi connectivity index (χ4n) is 1.64. The maximum absolute atomic E-state index is 11.7. The van der Waals surface area contributed by atoms with E-state index in [4.69, 9.17) is 0 Å². The number of nitrogens with zero attached hydrogens (tertiary/aromatic N) is 2. The zero-order valence-corrected chi connectivity index (χ0v) is 12.6. The van der Waals surface area contributed by atoms with Crippen LogP contribution in [-0.4, -0.2) is 33.7 Å². The molecule has 0 saturated carbocycles. The minimum atomic E-state index is 0.0395. The molecule has 102 valence electrons. The number of hydrogen-bond acceptors (Lipinski definition) is 3. The summed E-state index contributed by atoms with van der Waals surface area (Å²) >= 11 is 1.87. The highest BCUT2D eigenvalue weighted by atomic mass is 32.2. The van der Waals surface area contributed by atoms with Crippen LogP contribution in [0.5, 0.6) is 0 Å². The van der Waals surface area contributed by atoms with Gasteiger partial charge in [0.1, 0.15) is 6.54 Å². The van der Waals surface area contributed by atoms with Gasteiger partial charge in [0.25, 0.3) is 0 Å². The van der Waals surface area contributed by atoms with Gasteiger partial charge in [-0.2, -0.15) is 16.9 Å². The van der Waals surface area contributed by atoms with E-state index in [1.165, 1.54) is 12.0 Å². The van der Waals surface area contributed by atoms with Crippen LogP contribution in [0.4, 0.5) is 0 Å². The van der Waals surface area contributed by atoms with Crippen molar-refractivity contribution in [3.8, 4) is 0 Å². The Labute approximate surface area is 114 Å². The number of carbonyl (C=O) groups is 1. The van der Waals surface area contributed by atoms with Crippen molar-refractivity contribution in [2.75, 3.05) is 18.1 Å². The predicted molar refractivity (Wildman–Crippen MR) is 77.1 cm³/mol. The molecule has 18 heavy (non-hydrogen) atoms. The van der Waals surface area contributed by atoms with Gasteiger partial charge in [0.2, 0.25) is 5.91 Å². The highest BCUT2D eigenvalue weighted by Gasteiger charge is 2.10. The summed E-state index contributed by atoms with van der Waals surface area (Å²) in [5.41, 5.74) is 3.24. The molecule has 1 aromatic rings. The molecule has 1 rings (SSSR count). The van der Waals surface area contributed by atoms with Crippen molar-refractivity contribution in [1.29, 1.82) is 0 Å². The van der Waals surface area contributed by atoms with Gasteiger partial charge in [-0.05, 0) is 38.5 Å². The largest absolute Gasteiger partial charge is 0.354 e. The third kappa shape index (κ3) is 4.37. The lowest BCUT2D eigenvalue weighted by molar-refractivity contribution is -0.121. The minimum absolute atomic E-state index is 0.0395. The Morgan fingerprint density at radius 3 is 2.61 bits per heavy atom. The van der Waals surface area contributed by atoms with Crippen molar-refractivity contribution in [1.82, 2.24) is 15.1 Å². The normalized spacial score (nSPS) is 10.7. The van der Waals surface area contributed by atoms with Gasteiger partial charge in [-0.3, -0.25) is 9.48 Å². The summed E-state index contributed by atoms with van der Waals surface area (Å²) < 4.78 is 1.78. The Morgan fingerprint density at radius 1 is 1.33 bits per heavy atom. The second-order valence-corrected chi connectivity index (χ2v) is 5.64. The predicted octanol–water partition coefficient (Wildman–Crippen LogP) is 2.07. The smallest absolute Gasteiger partial charge is 0.241 e. The maximum Gasteiger partial charge on any atom is 0.241 e. The average molecular weight is 269 g/mol. The van der Waals surface area contributed by atoms with E-state index < -0.39 is 0 Å². The van der Waals surface area contributed by atoms with Crippen LogP contribution in [0.15, 0.2) is 0 Å². The van der Waals surface area contributed by atoms with Gasteiger partial charge in [-0.1, -0.05) is 6.92 Å². The lowest BCUT2D eigenvalue weighted by Crippen LogP contribution is -2.30. The minimum Gasteiger partial charge on any atom is -0.354 e. The first-order chi connectivity index (χ1) is 8.56. The number of nitrogens with one attached hydrogen (secondary N) is 1. The van der Waals surface area contributed by atoms with Crippen molar-refractivity contribution < 1.29 is 4.79 Å². The molecule has 1 N–H and O–H groups in total. The molecule has 0 aliphatic rings. The fraction of sp³-hybridized carbons (Fsp3) is 0.692. The Morgan fingerprint density at radius 2 is 2.06 bits per heavy atom. The molecule has 1 aromatic heterocycles. The average Bonchev–Trinajstić information content (AvgIpc) is 2.57. The molecule has 0 spiro atoms. The van der Waals surface area contributed by atoms with E-state index in [1.807, 2.05) is 32.5 Å². The second kappa shape index (κ2) is 7.46. The highest BCUT2D eigenvalue weighted by Crippen LogP contribution is 2.10. The Hall–Kier alpha value is -0.970. The quantitative estimate of drug-likeness (QED) is 0.771. The number of hydrogen-bond donors (Lipinski definition) is 1. The number of rotatable bonds is 7. The summed E-state index contributed by atoms with van der Waals surface area (Å²) in [6, 6.07) is 0. The van der Waals surface area contributed by atoms with E-state index in [9.17, 15) is 4.79 Å². The molecule has 0 aromatic carbocycles. The third-order valence-electron chi connectivity index (χ3n) is 2.95. The Balaban J connectivity index is 2.33. The molecular weight excluding hydrogens is 246 g/mol. The van der Waals surface area contributed by atoms with Crippen LogP contribution in [0.1, 0.15) is 30.3 Å². The van der Waals surface area contributed by atoms with E-state index in [1.54, 1.807) is 4.68 Å². The first kappa shape index (κ1) is 15.1. The molecular formula is C13H23N3OS. The maximum atomic E-state index is 11.7. The van der Waals surface area contributed by atoms with Gasteiger partial charge >= 0.3 is 0 Å². The van der Waals surface area contributed by atoms with E-state index in [-0.39, 0.29) is 5.91 Å². The lowest BCUT2D eigenvalue weighted by Gasteiger charge is -2.06. The number of thioether (sulfide) groups is 1. The van der Waals surface area contributed by atoms with Gasteiger partial charge in [-0.25, -0.2) is 0 Å². The third-order valence-corrected chi connectivity index (χ3v) is 4.14. The number of aromatic nitrogens is 2. The standard InChI is InChI=1S/C13H23N3OS/c1-5-7-18-8-6-14-13(17)9-16-12(4)10(2)11(3)15-16/h5-9H2,1-4H3,(H,14,17). The SMILES string of the molecule is CCCSCCNC(=O)Cn1nc(C)c(C)c1C. The summed E-state index contributed by atoms with van der Waals surface area (Å²) in [4.78, 5) is 11.7. The van der Waals surface area contributed by atoms with Crippen molar-refractivity contribution in [2.45, 2.75) is 40.7 Å². The Bertz CT molecular complexity index is 401. The van der Waals surface area contributed by atoms with Crippen LogP contribution in [0.25, 0.3) is 0 Å². The van der Waals surface area contributed by atoms with Crippen LogP contribution in [0.3, 0.4) is 0 Å². The molecule has 1 heterocycles. The summed E-state index contributed by atoms with van der Waals surface area (Å²) in [5.74, 6) is 2.18. The van der Waals surface area contributed by atoms with Crippen molar-refractivity contribution in [3.63, 3.8) is 0 Å². The molecule has 4 nitrogen and oxygen atoms in total. The topological polar surface area (TPSA) is 46.9 Å². The van der Waals surface area contributed by atoms with Crippen LogP contribution in [-0.2, 0) is 11.3 Å². The van der Waals surface area contributed by atoms with E-state index in [0.29, 0.717) is 6.54 Å². The van der Waals surface area contributed by atoms with Crippen LogP contribution < -0.4 is 5.32 Å². The zero-order chi connectivity index (χ0) is 13.5. The molecule has 0 bridgehead atoms. The van der Waals surface area contributed by atoms with E-state index in [2.05, 4.69) is 17.3 Å². The van der Waals surface area contributed by atoms with Gasteiger partial charge in [0.15, 0.2) is 0 Å². The summed E-state index contributed by atoms with van der Waals surface area (Å²) in [6.45, 7) is 9.22. The molecule has 0 atom stereocenters. The van der Waals surface area contributed by atoms with E-state index >= 15 is 0 Å². The molecule has 0 saturated heterocycles. The number of carbonyl (C=O) groups excluding carboxylic acids is 1. The number of aryl methyl sites for hydroxylation is 1. The van der Waals surface area contributed by atoms with Crippen LogP contribution >= 0.6 is 11.8 Å². The molecule has 0 unspecified atom stereocenters. The Kier molecular flexibility index (Phi) is 6.25. The van der Waals surface area contributed by atoms with Gasteiger partial charge in [0, 0.05) is 18.0 Å². The molecule has 5 heteroatoms. The van der Waals surface area contributed by atoms with Crippen LogP contribution in [0, 0.1) is 20.8 Å². The van der Waals surface area contributed by atoms with Crippen molar-refractivity contribution >= 4 is 17.7 Å². The van der Waals surface area contributed by atoms with Gasteiger partial charge < -0.3 is 5.32 Å². The lowest BCUT2D eigenvalue weighted by atomic mass is 10.2. The summed E-state index contributed by atoms with van der Waals surface area (Å²) in [5, 5.41) is 7.28. The zero-order valence-electron chi connectivity index (χ0n) is 11.7. The van der Waals surface area contributed by atoms with Gasteiger partial charge in [-0.15, -0.1) is 0 Å². The number of amides is 1. The highest BCUT2D eigenvalue weighted by molar-refractivity contribution is 7.99. The van der Waals surface area contributed by atoms with Gasteiger partial charge in [0.05, 0.1) is 5.69 Å². The molecule has 1 amide bonds. The fourth-order valence-corrected chi connectivity index (χ4v) is 2.38. The van der Waals surface area contributed by atoms with E-state index in [0.717, 1.165) is 29.4 Å².